The van der Waals surface area contributed by atoms with Crippen molar-refractivity contribution in [3.63, 3.8) is 0 Å². The van der Waals surface area contributed by atoms with Crippen LogP contribution < -0.4 is 5.32 Å². The summed E-state index contributed by atoms with van der Waals surface area (Å²) in [6, 6.07) is 2.70. The highest BCUT2D eigenvalue weighted by Gasteiger charge is 2.30. The van der Waals surface area contributed by atoms with Crippen molar-refractivity contribution in [1.82, 2.24) is 0 Å². The highest BCUT2D eigenvalue weighted by Crippen LogP contribution is 2.33. The van der Waals surface area contributed by atoms with E-state index in [1.807, 2.05) is 0 Å². The van der Waals surface area contributed by atoms with Gasteiger partial charge in [-0.3, -0.25) is 4.79 Å². The molecular formula is C12H13ClF3NO2. The van der Waals surface area contributed by atoms with E-state index in [4.69, 9.17) is 11.6 Å². The van der Waals surface area contributed by atoms with Gasteiger partial charge < -0.3 is 10.1 Å². The first-order valence-electron chi connectivity index (χ1n) is 5.44. The highest BCUT2D eigenvalue weighted by molar-refractivity contribution is 6.33. The maximum absolute atomic E-state index is 12.4. The first-order valence-corrected chi connectivity index (χ1v) is 5.82. The molecule has 0 spiro atoms. The van der Waals surface area contributed by atoms with Gasteiger partial charge in [-0.1, -0.05) is 11.6 Å². The number of methoxy groups -OCH3 is 1. The summed E-state index contributed by atoms with van der Waals surface area (Å²) in [5, 5.41) is 2.80. The molecule has 3 nitrogen and oxygen atoms in total. The van der Waals surface area contributed by atoms with Crippen molar-refractivity contribution < 1.29 is 22.7 Å². The third-order valence-electron chi connectivity index (χ3n) is 2.40. The van der Waals surface area contributed by atoms with E-state index in [0.717, 1.165) is 12.1 Å². The van der Waals surface area contributed by atoms with Crippen LogP contribution in [0.3, 0.4) is 0 Å². The zero-order valence-electron chi connectivity index (χ0n) is 10.3. The van der Waals surface area contributed by atoms with Crippen molar-refractivity contribution in [3.05, 3.63) is 28.8 Å². The van der Waals surface area contributed by atoms with Crippen LogP contribution in [0, 0.1) is 0 Å². The number of benzene rings is 1. The highest BCUT2D eigenvalue weighted by atomic mass is 35.5. The van der Waals surface area contributed by atoms with Gasteiger partial charge in [-0.25, -0.2) is 0 Å². The second-order valence-electron chi connectivity index (χ2n) is 4.02. The Kier molecular flexibility index (Phi) is 5.05. The molecule has 0 aliphatic heterocycles. The van der Waals surface area contributed by atoms with Gasteiger partial charge in [-0.05, 0) is 25.1 Å². The fourth-order valence-electron chi connectivity index (χ4n) is 1.46. The minimum atomic E-state index is -4.43. The average Bonchev–Trinajstić information content (AvgIpc) is 2.30. The molecule has 1 atom stereocenters. The molecule has 7 heteroatoms. The van der Waals surface area contributed by atoms with Crippen LogP contribution in [-0.2, 0) is 15.7 Å². The molecule has 1 aromatic rings. The number of ether oxygens (including phenoxy) is 1. The average molecular weight is 296 g/mol. The normalized spacial score (nSPS) is 12.9. The number of hydrogen-bond donors (Lipinski definition) is 1. The van der Waals surface area contributed by atoms with E-state index in [-0.39, 0.29) is 17.5 Å². The zero-order valence-corrected chi connectivity index (χ0v) is 11.1. The number of esters is 1. The lowest BCUT2D eigenvalue weighted by molar-refractivity contribution is -0.140. The number of carbonyl (C=O) groups excluding carboxylic acids is 1. The Hall–Kier alpha value is -1.43. The van der Waals surface area contributed by atoms with Crippen molar-refractivity contribution in [2.24, 2.45) is 0 Å². The Balaban J connectivity index is 2.78. The number of nitrogens with one attached hydrogen (secondary N) is 1. The van der Waals surface area contributed by atoms with Crippen LogP contribution in [0.15, 0.2) is 18.2 Å². The van der Waals surface area contributed by atoms with Gasteiger partial charge in [0.25, 0.3) is 0 Å². The Morgan fingerprint density at radius 1 is 1.47 bits per heavy atom. The van der Waals surface area contributed by atoms with Crippen LogP contribution >= 0.6 is 11.6 Å². The summed E-state index contributed by atoms with van der Waals surface area (Å²) in [6.07, 6.45) is -4.34. The van der Waals surface area contributed by atoms with Gasteiger partial charge in [0.05, 0.1) is 29.8 Å². The molecule has 0 saturated heterocycles. The van der Waals surface area contributed by atoms with Crippen LogP contribution in [0.2, 0.25) is 5.02 Å². The number of hydrogen-bond acceptors (Lipinski definition) is 3. The zero-order chi connectivity index (χ0) is 14.6. The molecule has 1 N–H and O–H groups in total. The largest absolute Gasteiger partial charge is 0.469 e. The standard InChI is InChI=1S/C12H13ClF3NO2/c1-7(5-11(18)19-2)17-10-4-3-8(6-9(10)13)12(14,15)16/h3-4,6-7,17H,5H2,1-2H3. The summed E-state index contributed by atoms with van der Waals surface area (Å²) in [4.78, 5) is 11.0. The van der Waals surface area contributed by atoms with E-state index in [9.17, 15) is 18.0 Å². The molecule has 0 aromatic heterocycles. The Labute approximate surface area is 113 Å². The number of anilines is 1. The predicted molar refractivity (Wildman–Crippen MR) is 66.2 cm³/mol. The fraction of sp³-hybridized carbons (Fsp3) is 0.417. The maximum atomic E-state index is 12.4. The molecule has 0 radical (unpaired) electrons. The van der Waals surface area contributed by atoms with Crippen LogP contribution in [-0.4, -0.2) is 19.1 Å². The first kappa shape index (κ1) is 15.6. The molecule has 0 bridgehead atoms. The third kappa shape index (κ3) is 4.63. The number of carbonyl (C=O) groups is 1. The molecule has 0 amide bonds. The van der Waals surface area contributed by atoms with Crippen molar-refractivity contribution in [3.8, 4) is 0 Å². The summed E-state index contributed by atoms with van der Waals surface area (Å²) < 4.78 is 41.8. The summed E-state index contributed by atoms with van der Waals surface area (Å²) in [5.41, 5.74) is -0.477. The number of alkyl halides is 3. The molecule has 1 rings (SSSR count). The van der Waals surface area contributed by atoms with E-state index in [1.54, 1.807) is 6.92 Å². The maximum Gasteiger partial charge on any atom is 0.416 e. The van der Waals surface area contributed by atoms with E-state index in [0.29, 0.717) is 5.69 Å². The molecule has 106 valence electrons. The predicted octanol–water partition coefficient (Wildman–Crippen LogP) is 3.72. The summed E-state index contributed by atoms with van der Waals surface area (Å²) in [5.74, 6) is -0.414. The van der Waals surface area contributed by atoms with E-state index < -0.39 is 17.7 Å². The second-order valence-corrected chi connectivity index (χ2v) is 4.43. The van der Waals surface area contributed by atoms with Crippen molar-refractivity contribution in [2.45, 2.75) is 25.6 Å². The molecular weight excluding hydrogens is 283 g/mol. The topological polar surface area (TPSA) is 38.3 Å². The Bertz CT molecular complexity index is 463. The van der Waals surface area contributed by atoms with Crippen molar-refractivity contribution >= 4 is 23.3 Å². The van der Waals surface area contributed by atoms with E-state index >= 15 is 0 Å². The Morgan fingerprint density at radius 2 is 2.11 bits per heavy atom. The minimum absolute atomic E-state index is 0.0495. The van der Waals surface area contributed by atoms with E-state index in [1.165, 1.54) is 13.2 Å². The van der Waals surface area contributed by atoms with Crippen LogP contribution in [0.1, 0.15) is 18.9 Å². The first-order chi connectivity index (χ1) is 8.74. The fourth-order valence-corrected chi connectivity index (χ4v) is 1.69. The SMILES string of the molecule is COC(=O)CC(C)Nc1ccc(C(F)(F)F)cc1Cl. The van der Waals surface area contributed by atoms with Crippen LogP contribution in [0.4, 0.5) is 18.9 Å². The number of rotatable bonds is 4. The van der Waals surface area contributed by atoms with Gasteiger partial charge in [0, 0.05) is 6.04 Å². The van der Waals surface area contributed by atoms with E-state index in [2.05, 4.69) is 10.1 Å². The molecule has 0 fully saturated rings. The molecule has 0 saturated carbocycles. The number of halogens is 4. The monoisotopic (exact) mass is 295 g/mol. The molecule has 0 aliphatic carbocycles. The van der Waals surface area contributed by atoms with Crippen molar-refractivity contribution in [1.29, 1.82) is 0 Å². The Morgan fingerprint density at radius 3 is 2.58 bits per heavy atom. The second kappa shape index (κ2) is 6.14. The lowest BCUT2D eigenvalue weighted by atomic mass is 10.1. The summed E-state index contributed by atoms with van der Waals surface area (Å²) >= 11 is 5.77. The van der Waals surface area contributed by atoms with Gasteiger partial charge in [0.15, 0.2) is 0 Å². The van der Waals surface area contributed by atoms with Crippen molar-refractivity contribution in [2.75, 3.05) is 12.4 Å². The lowest BCUT2D eigenvalue weighted by Gasteiger charge is -2.16. The lowest BCUT2D eigenvalue weighted by Crippen LogP contribution is -2.20. The van der Waals surface area contributed by atoms with Gasteiger partial charge >= 0.3 is 12.1 Å². The van der Waals surface area contributed by atoms with Gasteiger partial charge in [-0.15, -0.1) is 0 Å². The van der Waals surface area contributed by atoms with Gasteiger partial charge in [-0.2, -0.15) is 13.2 Å². The van der Waals surface area contributed by atoms with Crippen LogP contribution in [0.5, 0.6) is 0 Å². The molecule has 19 heavy (non-hydrogen) atoms. The van der Waals surface area contributed by atoms with Gasteiger partial charge in [0.2, 0.25) is 0 Å². The summed E-state index contributed by atoms with van der Waals surface area (Å²) in [6.45, 7) is 1.70. The van der Waals surface area contributed by atoms with Gasteiger partial charge in [0.1, 0.15) is 0 Å². The molecule has 1 unspecified atom stereocenters. The molecule has 0 heterocycles. The summed E-state index contributed by atoms with van der Waals surface area (Å²) in [7, 11) is 1.26. The van der Waals surface area contributed by atoms with Crippen LogP contribution in [0.25, 0.3) is 0 Å². The smallest absolute Gasteiger partial charge is 0.416 e. The minimum Gasteiger partial charge on any atom is -0.469 e. The molecule has 0 aliphatic rings. The quantitative estimate of drug-likeness (QED) is 0.860. The third-order valence-corrected chi connectivity index (χ3v) is 2.71. The molecule has 1 aromatic carbocycles.